The second-order valence-electron chi connectivity index (χ2n) is 4.39. The van der Waals surface area contributed by atoms with Crippen molar-refractivity contribution in [3.05, 3.63) is 29.8 Å². The van der Waals surface area contributed by atoms with Crippen molar-refractivity contribution < 1.29 is 22.4 Å². The molecule has 0 aliphatic carbocycles. The molecule has 112 valence electrons. The lowest BCUT2D eigenvalue weighted by molar-refractivity contribution is -0.144. The lowest BCUT2D eigenvalue weighted by Gasteiger charge is -2.31. The first-order valence-electron chi connectivity index (χ1n) is 6.27. The second-order valence-corrected chi connectivity index (χ2v) is 4.39. The van der Waals surface area contributed by atoms with Crippen molar-refractivity contribution in [2.24, 2.45) is 0 Å². The van der Waals surface area contributed by atoms with Crippen LogP contribution in [0.4, 0.5) is 17.6 Å². The normalized spacial score (nSPS) is 11.8. The van der Waals surface area contributed by atoms with E-state index in [-0.39, 0.29) is 5.56 Å². The van der Waals surface area contributed by atoms with Gasteiger partial charge in [-0.1, -0.05) is 13.8 Å². The quantitative estimate of drug-likeness (QED) is 0.615. The van der Waals surface area contributed by atoms with E-state index >= 15 is 0 Å². The molecular formula is C13H16F4N2O. The summed E-state index contributed by atoms with van der Waals surface area (Å²) in [7, 11) is 0. The highest BCUT2D eigenvalue weighted by Gasteiger charge is 2.36. The van der Waals surface area contributed by atoms with Crippen molar-refractivity contribution in [2.75, 3.05) is 6.54 Å². The molecule has 0 aromatic carbocycles. The zero-order chi connectivity index (χ0) is 15.3. The Bertz CT molecular complexity index is 441. The second kappa shape index (κ2) is 6.67. The van der Waals surface area contributed by atoms with Crippen LogP contribution in [0, 0.1) is 5.95 Å². The van der Waals surface area contributed by atoms with Gasteiger partial charge in [-0.15, -0.1) is 0 Å². The zero-order valence-electron chi connectivity index (χ0n) is 11.2. The van der Waals surface area contributed by atoms with Crippen LogP contribution >= 0.6 is 0 Å². The third-order valence-electron chi connectivity index (χ3n) is 2.97. The van der Waals surface area contributed by atoms with Crippen LogP contribution in [0.25, 0.3) is 0 Å². The summed E-state index contributed by atoms with van der Waals surface area (Å²) < 4.78 is 50.5. The van der Waals surface area contributed by atoms with E-state index in [2.05, 4.69) is 4.98 Å². The van der Waals surface area contributed by atoms with E-state index in [1.54, 1.807) is 13.8 Å². The first kappa shape index (κ1) is 16.4. The highest BCUT2D eigenvalue weighted by Crippen LogP contribution is 2.22. The Balaban J connectivity index is 3.02. The van der Waals surface area contributed by atoms with Gasteiger partial charge in [0.2, 0.25) is 5.95 Å². The number of amides is 1. The van der Waals surface area contributed by atoms with Crippen molar-refractivity contribution in [1.82, 2.24) is 9.88 Å². The Morgan fingerprint density at radius 3 is 2.30 bits per heavy atom. The number of alkyl halides is 3. The summed E-state index contributed by atoms with van der Waals surface area (Å²) in [5.41, 5.74) is -0.0532. The van der Waals surface area contributed by atoms with Gasteiger partial charge in [0, 0.05) is 12.2 Å². The summed E-state index contributed by atoms with van der Waals surface area (Å²) in [6.45, 7) is 2.11. The first-order valence-corrected chi connectivity index (χ1v) is 6.27. The molecule has 3 nitrogen and oxygen atoms in total. The van der Waals surface area contributed by atoms with E-state index in [1.165, 1.54) is 0 Å². The molecule has 0 unspecified atom stereocenters. The molecule has 1 aromatic rings. The molecule has 1 aromatic heterocycles. The fourth-order valence-electron chi connectivity index (χ4n) is 1.96. The van der Waals surface area contributed by atoms with Gasteiger partial charge in [0.1, 0.15) is 6.54 Å². The average molecular weight is 292 g/mol. The molecule has 0 fully saturated rings. The minimum atomic E-state index is -4.48. The van der Waals surface area contributed by atoms with Gasteiger partial charge in [0.05, 0.1) is 5.56 Å². The van der Waals surface area contributed by atoms with Gasteiger partial charge >= 0.3 is 6.18 Å². The maximum Gasteiger partial charge on any atom is 0.406 e. The highest BCUT2D eigenvalue weighted by molar-refractivity contribution is 5.94. The van der Waals surface area contributed by atoms with E-state index < -0.39 is 30.6 Å². The van der Waals surface area contributed by atoms with E-state index in [1.807, 2.05) is 0 Å². The Hall–Kier alpha value is -1.66. The van der Waals surface area contributed by atoms with Gasteiger partial charge in [-0.05, 0) is 25.0 Å². The molecule has 0 radical (unpaired) electrons. The molecule has 0 aliphatic heterocycles. The Kier molecular flexibility index (Phi) is 5.47. The van der Waals surface area contributed by atoms with Gasteiger partial charge in [0.15, 0.2) is 0 Å². The molecule has 0 N–H and O–H groups in total. The number of rotatable bonds is 5. The summed E-state index contributed by atoms with van der Waals surface area (Å²) in [6.07, 6.45) is -2.71. The van der Waals surface area contributed by atoms with Crippen molar-refractivity contribution in [3.8, 4) is 0 Å². The number of halogens is 4. The zero-order valence-corrected chi connectivity index (χ0v) is 11.2. The summed E-state index contributed by atoms with van der Waals surface area (Å²) in [4.78, 5) is 16.2. The van der Waals surface area contributed by atoms with Gasteiger partial charge < -0.3 is 4.90 Å². The van der Waals surface area contributed by atoms with E-state index in [0.29, 0.717) is 12.8 Å². The number of hydrogen-bond acceptors (Lipinski definition) is 2. The predicted molar refractivity (Wildman–Crippen MR) is 65.7 cm³/mol. The third kappa shape index (κ3) is 4.47. The Labute approximate surface area is 114 Å². The van der Waals surface area contributed by atoms with Crippen molar-refractivity contribution in [2.45, 2.75) is 38.9 Å². The smallest absolute Gasteiger partial charge is 0.327 e. The number of carbonyl (C=O) groups excluding carboxylic acids is 1. The van der Waals surface area contributed by atoms with Crippen LogP contribution in [0.5, 0.6) is 0 Å². The van der Waals surface area contributed by atoms with Gasteiger partial charge in [-0.25, -0.2) is 4.98 Å². The monoisotopic (exact) mass is 292 g/mol. The van der Waals surface area contributed by atoms with Crippen LogP contribution < -0.4 is 0 Å². The fourth-order valence-corrected chi connectivity index (χ4v) is 1.96. The molecule has 0 bridgehead atoms. The maximum absolute atomic E-state index is 12.7. The van der Waals surface area contributed by atoms with Crippen molar-refractivity contribution in [1.29, 1.82) is 0 Å². The molecule has 0 saturated heterocycles. The SMILES string of the molecule is CCC(CC)N(CC(F)(F)F)C(=O)c1ccc(F)nc1. The van der Waals surface area contributed by atoms with Gasteiger partial charge in [-0.2, -0.15) is 17.6 Å². The highest BCUT2D eigenvalue weighted by atomic mass is 19.4. The molecule has 0 saturated carbocycles. The van der Waals surface area contributed by atoms with Crippen LogP contribution in [0.2, 0.25) is 0 Å². The number of hydrogen-bond donors (Lipinski definition) is 0. The Morgan fingerprint density at radius 2 is 1.90 bits per heavy atom. The van der Waals surface area contributed by atoms with Gasteiger partial charge in [-0.3, -0.25) is 4.79 Å². The molecular weight excluding hydrogens is 276 g/mol. The van der Waals surface area contributed by atoms with Crippen LogP contribution in [0.3, 0.4) is 0 Å². The predicted octanol–water partition coefficient (Wildman–Crippen LogP) is 3.41. The molecule has 1 rings (SSSR count). The average Bonchev–Trinajstić information content (AvgIpc) is 2.37. The van der Waals surface area contributed by atoms with Crippen LogP contribution in [-0.2, 0) is 0 Å². The minimum Gasteiger partial charge on any atom is -0.327 e. The molecule has 7 heteroatoms. The third-order valence-corrected chi connectivity index (χ3v) is 2.97. The topological polar surface area (TPSA) is 33.2 Å². The number of carbonyl (C=O) groups is 1. The summed E-state index contributed by atoms with van der Waals surface area (Å²) in [5, 5.41) is 0. The fraction of sp³-hybridized carbons (Fsp3) is 0.538. The molecule has 1 amide bonds. The van der Waals surface area contributed by atoms with Crippen molar-refractivity contribution in [3.63, 3.8) is 0 Å². The minimum absolute atomic E-state index is 0.0532. The first-order chi connectivity index (χ1) is 9.28. The molecule has 1 heterocycles. The molecule has 0 aliphatic rings. The van der Waals surface area contributed by atoms with Crippen LogP contribution in [0.1, 0.15) is 37.0 Å². The molecule has 0 atom stereocenters. The number of pyridine rings is 1. The maximum atomic E-state index is 12.7. The van der Waals surface area contributed by atoms with Gasteiger partial charge in [0.25, 0.3) is 5.91 Å². The van der Waals surface area contributed by atoms with E-state index in [9.17, 15) is 22.4 Å². The number of nitrogens with zero attached hydrogens (tertiary/aromatic N) is 2. The summed E-state index contributed by atoms with van der Waals surface area (Å²) in [5.74, 6) is -1.57. The van der Waals surface area contributed by atoms with E-state index in [0.717, 1.165) is 23.2 Å². The molecule has 0 spiro atoms. The number of aromatic nitrogens is 1. The van der Waals surface area contributed by atoms with Crippen LogP contribution in [0.15, 0.2) is 18.3 Å². The largest absolute Gasteiger partial charge is 0.406 e. The summed E-state index contributed by atoms with van der Waals surface area (Å²) >= 11 is 0. The molecule has 20 heavy (non-hydrogen) atoms. The lowest BCUT2D eigenvalue weighted by Crippen LogP contribution is -2.45. The standard InChI is InChI=1S/C13H16F4N2O/c1-3-10(4-2)19(8-13(15,16)17)12(20)9-5-6-11(14)18-7-9/h5-7,10H,3-4,8H2,1-2H3. The van der Waals surface area contributed by atoms with Crippen molar-refractivity contribution >= 4 is 5.91 Å². The van der Waals surface area contributed by atoms with Crippen LogP contribution in [-0.4, -0.2) is 34.6 Å². The lowest BCUT2D eigenvalue weighted by atomic mass is 10.1. The summed E-state index contributed by atoms with van der Waals surface area (Å²) in [6, 6.07) is 1.57. The van der Waals surface area contributed by atoms with E-state index in [4.69, 9.17) is 0 Å². The Morgan fingerprint density at radius 1 is 1.30 bits per heavy atom.